The highest BCUT2D eigenvalue weighted by atomic mass is 31.2. The van der Waals surface area contributed by atoms with Crippen LogP contribution in [-0.4, -0.2) is 41.0 Å². The van der Waals surface area contributed by atoms with Crippen LogP contribution in [0.15, 0.2) is 109 Å². The van der Waals surface area contributed by atoms with Gasteiger partial charge in [0.2, 0.25) is 0 Å². The molecule has 0 saturated heterocycles. The third kappa shape index (κ3) is 39.5. The molecule has 8 nitrogen and oxygen atoms in total. The van der Waals surface area contributed by atoms with Crippen molar-refractivity contribution in [2.24, 2.45) is 0 Å². The van der Waals surface area contributed by atoms with Crippen LogP contribution in [0, 0.1) is 0 Å². The van der Waals surface area contributed by atoms with E-state index in [-0.39, 0.29) is 19.4 Å². The van der Waals surface area contributed by atoms with Gasteiger partial charge >= 0.3 is 19.8 Å². The van der Waals surface area contributed by atoms with Crippen molar-refractivity contribution < 1.29 is 37.9 Å². The Bertz CT molecular complexity index is 1200. The van der Waals surface area contributed by atoms with E-state index in [1.54, 1.807) is 0 Å². The molecule has 0 rings (SSSR count). The summed E-state index contributed by atoms with van der Waals surface area (Å²) in [4.78, 5) is 42.7. The molecule has 9 heteroatoms. The van der Waals surface area contributed by atoms with Crippen molar-refractivity contribution in [2.75, 3.05) is 13.2 Å². The Labute approximate surface area is 315 Å². The van der Waals surface area contributed by atoms with E-state index < -0.39 is 32.5 Å². The summed E-state index contributed by atoms with van der Waals surface area (Å²) in [6, 6.07) is 0. The Hall–Kier alpha value is -3.29. The van der Waals surface area contributed by atoms with Gasteiger partial charge in [-0.05, 0) is 70.6 Å². The second-order valence-electron chi connectivity index (χ2n) is 12.3. The number of rotatable bonds is 33. The van der Waals surface area contributed by atoms with Crippen LogP contribution in [0.2, 0.25) is 0 Å². The molecule has 2 N–H and O–H groups in total. The molecule has 0 amide bonds. The van der Waals surface area contributed by atoms with Gasteiger partial charge < -0.3 is 19.3 Å². The quantitative estimate of drug-likeness (QED) is 0.0224. The number of hydrogen-bond donors (Lipinski definition) is 2. The number of allylic oxidation sites excluding steroid dienone is 18. The van der Waals surface area contributed by atoms with Crippen LogP contribution >= 0.6 is 7.82 Å². The molecule has 0 heterocycles. The molecule has 0 saturated carbocycles. The minimum atomic E-state index is -4.78. The van der Waals surface area contributed by atoms with Crippen LogP contribution < -0.4 is 0 Å². The fourth-order valence-electron chi connectivity index (χ4n) is 4.54. The average Bonchev–Trinajstić information content (AvgIpc) is 3.11. The van der Waals surface area contributed by atoms with E-state index in [0.29, 0.717) is 12.8 Å². The number of esters is 2. The van der Waals surface area contributed by atoms with Crippen molar-refractivity contribution in [3.63, 3.8) is 0 Å². The number of phosphoric ester groups is 1. The van der Waals surface area contributed by atoms with Gasteiger partial charge in [0.15, 0.2) is 6.10 Å². The van der Waals surface area contributed by atoms with Gasteiger partial charge in [0, 0.05) is 12.8 Å². The number of ether oxygens (including phenoxy) is 2. The van der Waals surface area contributed by atoms with Crippen molar-refractivity contribution in [1.29, 1.82) is 0 Å². The molecule has 0 unspecified atom stereocenters. The van der Waals surface area contributed by atoms with Crippen LogP contribution in [-0.2, 0) is 28.2 Å². The number of hydrogen-bond acceptors (Lipinski definition) is 6. The Morgan fingerprint density at radius 2 is 1.04 bits per heavy atom. The molecule has 0 aliphatic rings. The van der Waals surface area contributed by atoms with Gasteiger partial charge in [-0.2, -0.15) is 0 Å². The molecule has 0 fully saturated rings. The summed E-state index contributed by atoms with van der Waals surface area (Å²) in [6.45, 7) is 3.40. The first-order chi connectivity index (χ1) is 25.3. The van der Waals surface area contributed by atoms with E-state index in [9.17, 15) is 14.2 Å². The molecule has 52 heavy (non-hydrogen) atoms. The molecule has 0 aromatic carbocycles. The Balaban J connectivity index is 4.16. The monoisotopic (exact) mass is 742 g/mol. The third-order valence-electron chi connectivity index (χ3n) is 7.38. The van der Waals surface area contributed by atoms with Crippen molar-refractivity contribution in [2.45, 2.75) is 136 Å². The summed E-state index contributed by atoms with van der Waals surface area (Å²) >= 11 is 0. The molecule has 0 bridgehead atoms. The van der Waals surface area contributed by atoms with Crippen LogP contribution in [0.3, 0.4) is 0 Å². The molecule has 292 valence electrons. The van der Waals surface area contributed by atoms with Crippen LogP contribution in [0.5, 0.6) is 0 Å². The summed E-state index contributed by atoms with van der Waals surface area (Å²) in [7, 11) is -4.78. The molecular formula is C43H67O8P. The van der Waals surface area contributed by atoms with Gasteiger partial charge in [-0.25, -0.2) is 4.57 Å². The van der Waals surface area contributed by atoms with Crippen molar-refractivity contribution in [1.82, 2.24) is 0 Å². The minimum absolute atomic E-state index is 0.131. The minimum Gasteiger partial charge on any atom is -0.462 e. The zero-order valence-corrected chi connectivity index (χ0v) is 32.8. The molecule has 0 radical (unpaired) electrons. The smallest absolute Gasteiger partial charge is 0.462 e. The van der Waals surface area contributed by atoms with Crippen LogP contribution in [0.1, 0.15) is 129 Å². The van der Waals surface area contributed by atoms with Gasteiger partial charge in [-0.15, -0.1) is 0 Å². The van der Waals surface area contributed by atoms with Gasteiger partial charge in [0.05, 0.1) is 6.61 Å². The molecular weight excluding hydrogens is 675 g/mol. The highest BCUT2D eigenvalue weighted by molar-refractivity contribution is 7.46. The summed E-state index contributed by atoms with van der Waals surface area (Å²) in [5.41, 5.74) is 0. The van der Waals surface area contributed by atoms with E-state index in [1.807, 2.05) is 48.6 Å². The number of phosphoric acid groups is 1. The lowest BCUT2D eigenvalue weighted by Crippen LogP contribution is -2.29. The van der Waals surface area contributed by atoms with Crippen molar-refractivity contribution in [3.8, 4) is 0 Å². The first-order valence-electron chi connectivity index (χ1n) is 19.2. The fourth-order valence-corrected chi connectivity index (χ4v) is 4.90. The lowest BCUT2D eigenvalue weighted by Gasteiger charge is -2.18. The fraction of sp³-hybridized carbons (Fsp3) is 0.535. The lowest BCUT2D eigenvalue weighted by molar-refractivity contribution is -0.161. The lowest BCUT2D eigenvalue weighted by atomic mass is 10.1. The Kier molecular flexibility index (Phi) is 35.1. The second-order valence-corrected chi connectivity index (χ2v) is 13.5. The highest BCUT2D eigenvalue weighted by Gasteiger charge is 2.22. The van der Waals surface area contributed by atoms with Gasteiger partial charge in [-0.3, -0.25) is 14.1 Å². The van der Waals surface area contributed by atoms with E-state index >= 15 is 0 Å². The second kappa shape index (κ2) is 37.5. The van der Waals surface area contributed by atoms with E-state index in [1.165, 1.54) is 25.7 Å². The van der Waals surface area contributed by atoms with Crippen molar-refractivity contribution >= 4 is 19.8 Å². The molecule has 0 aromatic rings. The average molecular weight is 743 g/mol. The molecule has 0 aromatic heterocycles. The maximum Gasteiger partial charge on any atom is 0.469 e. The van der Waals surface area contributed by atoms with E-state index in [2.05, 4.69) is 79.1 Å². The van der Waals surface area contributed by atoms with E-state index in [0.717, 1.165) is 64.2 Å². The predicted octanol–water partition coefficient (Wildman–Crippen LogP) is 11.6. The summed E-state index contributed by atoms with van der Waals surface area (Å²) in [5.74, 6) is -1.02. The van der Waals surface area contributed by atoms with Crippen LogP contribution in [0.25, 0.3) is 0 Å². The molecule has 1 atom stereocenters. The molecule has 0 spiro atoms. The first-order valence-corrected chi connectivity index (χ1v) is 20.8. The molecule has 0 aliphatic carbocycles. The summed E-state index contributed by atoms with van der Waals surface area (Å²) < 4.78 is 26.2. The summed E-state index contributed by atoms with van der Waals surface area (Å²) in [5, 5.41) is 0. The maximum atomic E-state index is 12.4. The zero-order chi connectivity index (χ0) is 38.2. The first kappa shape index (κ1) is 48.7. The van der Waals surface area contributed by atoms with E-state index in [4.69, 9.17) is 19.3 Å². The predicted molar refractivity (Wildman–Crippen MR) is 216 cm³/mol. The van der Waals surface area contributed by atoms with Gasteiger partial charge in [0.1, 0.15) is 6.61 Å². The summed E-state index contributed by atoms with van der Waals surface area (Å²) in [6.07, 6.45) is 52.4. The SMILES string of the molecule is CC/C=C/C=C/C=C/C=C/CCCCCCCC(=O)O[C@H](COC(=O)CC/C=C/C/C=C/C/C=C/C/C=C/C/C=C/CCCCC)COP(=O)(O)O. The third-order valence-corrected chi connectivity index (χ3v) is 7.87. The Morgan fingerprint density at radius 3 is 1.63 bits per heavy atom. The normalized spacial score (nSPS) is 13.7. The number of carbonyl (C=O) groups is 2. The zero-order valence-electron chi connectivity index (χ0n) is 31.9. The highest BCUT2D eigenvalue weighted by Crippen LogP contribution is 2.35. The van der Waals surface area contributed by atoms with Gasteiger partial charge in [0.25, 0.3) is 0 Å². The topological polar surface area (TPSA) is 119 Å². The van der Waals surface area contributed by atoms with Crippen molar-refractivity contribution in [3.05, 3.63) is 109 Å². The molecule has 0 aliphatic heterocycles. The maximum absolute atomic E-state index is 12.4. The Morgan fingerprint density at radius 1 is 0.538 bits per heavy atom. The standard InChI is InChI=1S/C43H67O8P/c1-3-5-7-9-11-13-15-17-19-20-21-22-24-25-27-29-31-33-35-37-42(44)49-39-41(40-50-52(46,47)48)51-43(45)38-36-34-32-30-28-26-23-18-16-14-12-10-8-6-4-2/h6,8,10-14,16-19,21-23,25,27,31,33,41H,3-5,7,9,15,20,24,26,28-30,32,34-40H2,1-2H3,(H2,46,47,48)/b8-6+,12-10+,13-11+,16-14+,19-17+,22-21+,23-18+,27-25+,33-31+/t41-/m1/s1. The van der Waals surface area contributed by atoms with Gasteiger partial charge in [-0.1, -0.05) is 155 Å². The number of carbonyl (C=O) groups excluding carboxylic acids is 2. The van der Waals surface area contributed by atoms with Crippen LogP contribution in [0.4, 0.5) is 0 Å². The number of unbranched alkanes of at least 4 members (excludes halogenated alkanes) is 8. The largest absolute Gasteiger partial charge is 0.469 e.